The van der Waals surface area contributed by atoms with Crippen LogP contribution in [0.15, 0.2) is 17.3 Å². The number of hydrogen-bond donors (Lipinski definition) is 2. The third kappa shape index (κ3) is 5.23. The first-order valence-electron chi connectivity index (χ1n) is 4.55. The summed E-state index contributed by atoms with van der Waals surface area (Å²) >= 11 is 0. The van der Waals surface area contributed by atoms with E-state index in [1.807, 2.05) is 0 Å². The molecule has 0 unspecified atom stereocenters. The van der Waals surface area contributed by atoms with Gasteiger partial charge in [-0.05, 0) is 0 Å². The lowest BCUT2D eigenvalue weighted by atomic mass is 10.6. The number of nitrogens with zero attached hydrogens (tertiary/aromatic N) is 2. The molecule has 0 aromatic carbocycles. The van der Waals surface area contributed by atoms with Gasteiger partial charge in [-0.3, -0.25) is 14.3 Å². The topological polar surface area (TPSA) is 111 Å². The Hall–Kier alpha value is -1.66. The number of carboxylic acid groups (broad SMARTS) is 1. The number of halogens is 3. The second-order valence-corrected chi connectivity index (χ2v) is 4.90. The highest BCUT2D eigenvalue weighted by Gasteiger charge is 2.29. The lowest BCUT2D eigenvalue weighted by Crippen LogP contribution is -2.29. The van der Waals surface area contributed by atoms with Crippen molar-refractivity contribution in [3.63, 3.8) is 0 Å². The highest BCUT2D eigenvalue weighted by atomic mass is 32.2. The normalized spacial score (nSPS) is 12.6. The molecule has 1 aromatic heterocycles. The van der Waals surface area contributed by atoms with E-state index in [1.165, 1.54) is 4.89 Å². The molecule has 0 saturated carbocycles. The number of aliphatic carboxylic acids is 1. The Balaban J connectivity index is 2.67. The van der Waals surface area contributed by atoms with Crippen LogP contribution in [0.5, 0.6) is 0 Å². The highest BCUT2D eigenvalue weighted by molar-refractivity contribution is 7.89. The minimum absolute atomic E-state index is 0.518. The van der Waals surface area contributed by atoms with E-state index in [0.717, 1.165) is 17.1 Å². The molecule has 1 rings (SSSR count). The van der Waals surface area contributed by atoms with Crippen molar-refractivity contribution in [1.82, 2.24) is 14.7 Å². The highest BCUT2D eigenvalue weighted by Crippen LogP contribution is 2.14. The fraction of sp³-hybridized carbons (Fsp3) is 0.429. The maximum atomic E-state index is 11.7. The number of carboxylic acids is 1. The predicted molar refractivity (Wildman–Crippen MR) is 52.2 cm³/mol. The number of alkyl halides is 3. The number of hydrogen-bond acceptors (Lipinski definition) is 5. The molecule has 1 heterocycles. The Bertz CT molecular complexity index is 553. The molecule has 1 aromatic rings. The molecule has 12 heteroatoms. The molecule has 0 atom stereocenters. The Morgan fingerprint density at radius 2 is 2.16 bits per heavy atom. The zero-order valence-electron chi connectivity index (χ0n) is 9.09. The lowest BCUT2D eigenvalue weighted by Gasteiger charge is -2.07. The van der Waals surface area contributed by atoms with Gasteiger partial charge in [0, 0.05) is 6.20 Å². The number of sulfonamides is 1. The molecule has 0 spiro atoms. The fourth-order valence-corrected chi connectivity index (χ4v) is 1.70. The van der Waals surface area contributed by atoms with Crippen LogP contribution in [0, 0.1) is 0 Å². The quantitative estimate of drug-likeness (QED) is 0.701. The molecule has 0 radical (unpaired) electrons. The second kappa shape index (κ2) is 5.54. The van der Waals surface area contributed by atoms with Crippen LogP contribution < -0.4 is 4.89 Å². The van der Waals surface area contributed by atoms with Crippen LogP contribution in [0.4, 0.5) is 13.2 Å². The Labute approximate surface area is 104 Å². The fourth-order valence-electron chi connectivity index (χ4n) is 0.945. The summed E-state index contributed by atoms with van der Waals surface area (Å²) in [6.07, 6.45) is -3.06. The van der Waals surface area contributed by atoms with Gasteiger partial charge in [0.1, 0.15) is 11.4 Å². The lowest BCUT2D eigenvalue weighted by molar-refractivity contribution is -0.181. The summed E-state index contributed by atoms with van der Waals surface area (Å²) in [7, 11) is -4.35. The van der Waals surface area contributed by atoms with Gasteiger partial charge in [0.05, 0.1) is 6.20 Å². The number of rotatable bonds is 6. The minimum atomic E-state index is -4.68. The number of nitrogens with one attached hydrogen (secondary N) is 1. The molecule has 0 saturated heterocycles. The Kier molecular flexibility index (Phi) is 4.49. The van der Waals surface area contributed by atoms with Crippen LogP contribution in [0.25, 0.3) is 0 Å². The van der Waals surface area contributed by atoms with Gasteiger partial charge in [-0.15, -0.1) is 0 Å². The summed E-state index contributed by atoms with van der Waals surface area (Å²) in [6, 6.07) is 0. The van der Waals surface area contributed by atoms with E-state index >= 15 is 0 Å². The zero-order valence-corrected chi connectivity index (χ0v) is 9.90. The van der Waals surface area contributed by atoms with E-state index in [1.54, 1.807) is 0 Å². The number of carbonyl (C=O) groups is 1. The first kappa shape index (κ1) is 15.4. The minimum Gasteiger partial charge on any atom is -0.480 e. The smallest absolute Gasteiger partial charge is 0.413 e. The maximum absolute atomic E-state index is 11.7. The van der Waals surface area contributed by atoms with E-state index in [2.05, 4.69) is 9.94 Å². The number of aromatic nitrogens is 2. The van der Waals surface area contributed by atoms with E-state index in [9.17, 15) is 26.4 Å². The van der Waals surface area contributed by atoms with Crippen molar-refractivity contribution < 1.29 is 36.3 Å². The molecule has 2 N–H and O–H groups in total. The van der Waals surface area contributed by atoms with E-state index in [4.69, 9.17) is 5.11 Å². The summed E-state index contributed by atoms with van der Waals surface area (Å²) in [4.78, 5) is 14.9. The third-order valence-corrected chi connectivity index (χ3v) is 2.79. The average Bonchev–Trinajstić information content (AvgIpc) is 2.63. The summed E-state index contributed by atoms with van der Waals surface area (Å²) < 4.78 is 58.8. The van der Waals surface area contributed by atoms with Crippen molar-refractivity contribution in [1.29, 1.82) is 0 Å². The van der Waals surface area contributed by atoms with Gasteiger partial charge < -0.3 is 5.11 Å². The molecular formula is C7H8F3N3O5S. The van der Waals surface area contributed by atoms with Gasteiger partial charge in [0.2, 0.25) is 0 Å². The van der Waals surface area contributed by atoms with Crippen molar-refractivity contribution in [2.24, 2.45) is 0 Å². The maximum Gasteiger partial charge on any atom is 0.413 e. The first-order valence-corrected chi connectivity index (χ1v) is 6.03. The molecule has 0 fully saturated rings. The van der Waals surface area contributed by atoms with Crippen LogP contribution in [0.3, 0.4) is 0 Å². The summed E-state index contributed by atoms with van der Waals surface area (Å²) in [5.41, 5.74) is 0. The van der Waals surface area contributed by atoms with Crippen molar-refractivity contribution >= 4 is 16.0 Å². The summed E-state index contributed by atoms with van der Waals surface area (Å²) in [5, 5.41) is 11.9. The van der Waals surface area contributed by atoms with E-state index < -0.39 is 40.2 Å². The molecule has 0 bridgehead atoms. The SMILES string of the molecule is O=C(O)Cn1cc(S(=O)(=O)NOCC(F)(F)F)cn1. The van der Waals surface area contributed by atoms with Crippen LogP contribution in [0.2, 0.25) is 0 Å². The van der Waals surface area contributed by atoms with Crippen LogP contribution >= 0.6 is 0 Å². The molecule has 0 amide bonds. The van der Waals surface area contributed by atoms with Crippen molar-refractivity contribution in [3.8, 4) is 0 Å². The van der Waals surface area contributed by atoms with Crippen molar-refractivity contribution in [2.45, 2.75) is 17.6 Å². The molecule has 0 aliphatic rings. The van der Waals surface area contributed by atoms with Gasteiger partial charge in [0.25, 0.3) is 10.0 Å². The Morgan fingerprint density at radius 3 is 2.68 bits per heavy atom. The monoisotopic (exact) mass is 303 g/mol. The molecule has 0 aliphatic carbocycles. The van der Waals surface area contributed by atoms with Crippen LogP contribution in [0.1, 0.15) is 0 Å². The van der Waals surface area contributed by atoms with Gasteiger partial charge in [-0.2, -0.15) is 18.3 Å². The average molecular weight is 303 g/mol. The van der Waals surface area contributed by atoms with Crippen LogP contribution in [-0.2, 0) is 26.2 Å². The third-order valence-electron chi connectivity index (χ3n) is 1.62. The summed E-state index contributed by atoms with van der Waals surface area (Å²) in [6.45, 7) is -2.38. The molecule has 8 nitrogen and oxygen atoms in total. The largest absolute Gasteiger partial charge is 0.480 e. The summed E-state index contributed by atoms with van der Waals surface area (Å²) in [5.74, 6) is -1.26. The standard InChI is InChI=1S/C7H8F3N3O5S/c8-7(9,10)4-18-12-19(16,17)5-1-11-13(2-5)3-6(14)15/h1-2,12H,3-4H2,(H,14,15). The van der Waals surface area contributed by atoms with Crippen molar-refractivity contribution in [3.05, 3.63) is 12.4 Å². The van der Waals surface area contributed by atoms with Gasteiger partial charge in [0.15, 0.2) is 6.61 Å². The van der Waals surface area contributed by atoms with Crippen LogP contribution in [-0.4, -0.2) is 42.1 Å². The van der Waals surface area contributed by atoms with Gasteiger partial charge in [-0.1, -0.05) is 4.89 Å². The Morgan fingerprint density at radius 1 is 1.53 bits per heavy atom. The van der Waals surface area contributed by atoms with Crippen molar-refractivity contribution in [2.75, 3.05) is 6.61 Å². The molecular weight excluding hydrogens is 295 g/mol. The molecule has 0 aliphatic heterocycles. The second-order valence-electron chi connectivity index (χ2n) is 3.26. The predicted octanol–water partition coefficient (Wildman–Crippen LogP) is -0.260. The first-order chi connectivity index (χ1) is 8.60. The van der Waals surface area contributed by atoms with Gasteiger partial charge >= 0.3 is 12.1 Å². The van der Waals surface area contributed by atoms with E-state index in [-0.39, 0.29) is 0 Å². The molecule has 19 heavy (non-hydrogen) atoms. The van der Waals surface area contributed by atoms with Gasteiger partial charge in [-0.25, -0.2) is 8.42 Å². The van der Waals surface area contributed by atoms with E-state index in [0.29, 0.717) is 0 Å². The molecule has 108 valence electrons. The zero-order chi connectivity index (χ0) is 14.7.